The van der Waals surface area contributed by atoms with Crippen LogP contribution in [0.1, 0.15) is 97.8 Å². The second-order valence-electron chi connectivity index (χ2n) is 9.66. The van der Waals surface area contributed by atoms with Gasteiger partial charge in [0.15, 0.2) is 1.41 Å². The maximum Gasteiger partial charge on any atom is 0.243 e. The van der Waals surface area contributed by atoms with E-state index in [0.717, 1.165) is 19.3 Å². The lowest BCUT2D eigenvalue weighted by molar-refractivity contribution is -0.133. The van der Waals surface area contributed by atoms with Crippen LogP contribution in [0.4, 0.5) is 0 Å². The molecule has 9 heteroatoms. The van der Waals surface area contributed by atoms with Gasteiger partial charge < -0.3 is 27.0 Å². The van der Waals surface area contributed by atoms with Crippen molar-refractivity contribution in [2.75, 3.05) is 13.1 Å². The molecule has 0 aromatic heterocycles. The Kier molecular flexibility index (Phi) is 14.3. The normalized spacial score (nSPS) is 23.4. The molecule has 0 aromatic rings. The summed E-state index contributed by atoms with van der Waals surface area (Å²) < 4.78 is 8.03. The quantitative estimate of drug-likeness (QED) is 0.255. The summed E-state index contributed by atoms with van der Waals surface area (Å²) in [5, 5.41) is 8.98. The molecule has 196 valence electrons. The fraction of sp³-hybridized carbons (Fsp3) is 0.840. The van der Waals surface area contributed by atoms with Crippen LogP contribution in [0.3, 0.4) is 0 Å². The Hall–Kier alpha value is -2.16. The zero-order chi connectivity index (χ0) is 26.2. The van der Waals surface area contributed by atoms with Gasteiger partial charge in [-0.3, -0.25) is 19.2 Å². The average Bonchev–Trinajstić information content (AvgIpc) is 2.80. The van der Waals surface area contributed by atoms with E-state index in [0.29, 0.717) is 37.5 Å². The minimum atomic E-state index is -0.865. The highest BCUT2D eigenvalue weighted by Crippen LogP contribution is 2.13. The van der Waals surface area contributed by atoms with Gasteiger partial charge in [0.1, 0.15) is 12.1 Å². The molecular weight excluding hydrogens is 434 g/mol. The number of hydrogen-bond donors (Lipinski definition) is 5. The first-order valence-corrected chi connectivity index (χ1v) is 13.1. The van der Waals surface area contributed by atoms with Gasteiger partial charge in [-0.05, 0) is 38.1 Å². The Bertz CT molecular complexity index is 676. The number of carbonyl (C=O) groups is 4. The summed E-state index contributed by atoms with van der Waals surface area (Å²) in [5.41, 5.74) is 5.55. The molecule has 9 nitrogen and oxygen atoms in total. The second kappa shape index (κ2) is 17.3. The fourth-order valence-corrected chi connectivity index (χ4v) is 4.09. The van der Waals surface area contributed by atoms with Gasteiger partial charge in [0.25, 0.3) is 0 Å². The van der Waals surface area contributed by atoms with Crippen LogP contribution in [0.15, 0.2) is 0 Å². The third kappa shape index (κ3) is 12.3. The van der Waals surface area contributed by atoms with Gasteiger partial charge in [-0.1, -0.05) is 65.7 Å². The number of rotatable bonds is 13. The van der Waals surface area contributed by atoms with Crippen molar-refractivity contribution in [3.63, 3.8) is 0 Å². The Balaban J connectivity index is 2.95. The first-order valence-electron chi connectivity index (χ1n) is 13.5. The summed E-state index contributed by atoms with van der Waals surface area (Å²) in [7, 11) is 0. The Morgan fingerprint density at radius 1 is 0.853 bits per heavy atom. The van der Waals surface area contributed by atoms with E-state index in [1.165, 1.54) is 25.7 Å². The van der Waals surface area contributed by atoms with E-state index >= 15 is 0 Å². The summed E-state index contributed by atoms with van der Waals surface area (Å²) in [4.78, 5) is 51.3. The maximum absolute atomic E-state index is 13.1. The molecular formula is C25H47N5O4. The molecule has 0 bridgehead atoms. The molecule has 1 saturated heterocycles. The lowest BCUT2D eigenvalue weighted by Crippen LogP contribution is -2.56. The zero-order valence-electron chi connectivity index (χ0n) is 22.4. The molecule has 1 rings (SSSR count). The third-order valence-electron chi connectivity index (χ3n) is 6.17. The van der Waals surface area contributed by atoms with E-state index in [9.17, 15) is 19.2 Å². The van der Waals surface area contributed by atoms with Crippen molar-refractivity contribution in [3.05, 3.63) is 0 Å². The van der Waals surface area contributed by atoms with Crippen LogP contribution in [0, 0.1) is 5.92 Å². The summed E-state index contributed by atoms with van der Waals surface area (Å²) in [6.07, 6.45) is 10.00. The van der Waals surface area contributed by atoms with Crippen molar-refractivity contribution >= 4 is 23.6 Å². The largest absolute Gasteiger partial charge is 0.351 e. The van der Waals surface area contributed by atoms with Crippen LogP contribution in [0.25, 0.3) is 0 Å². The topological polar surface area (TPSA) is 142 Å². The Morgan fingerprint density at radius 2 is 1.50 bits per heavy atom. The number of carbonyl (C=O) groups excluding carboxylic acids is 4. The summed E-state index contributed by atoms with van der Waals surface area (Å²) in [5.74, 6) is -2.10. The van der Waals surface area contributed by atoms with Crippen molar-refractivity contribution in [1.29, 1.82) is 0 Å². The minimum Gasteiger partial charge on any atom is -0.351 e. The van der Waals surface area contributed by atoms with Crippen molar-refractivity contribution < 1.29 is 20.6 Å². The summed E-state index contributed by atoms with van der Waals surface area (Å²) >= 11 is 0. The number of hydrogen-bond acceptors (Lipinski definition) is 5. The zero-order valence-corrected chi connectivity index (χ0v) is 21.4. The predicted molar refractivity (Wildman–Crippen MR) is 134 cm³/mol. The lowest BCUT2D eigenvalue weighted by atomic mass is 9.99. The molecule has 6 N–H and O–H groups in total. The van der Waals surface area contributed by atoms with Gasteiger partial charge in [-0.25, -0.2) is 0 Å². The molecule has 34 heavy (non-hydrogen) atoms. The molecule has 4 amide bonds. The van der Waals surface area contributed by atoms with Gasteiger partial charge >= 0.3 is 0 Å². The van der Waals surface area contributed by atoms with Crippen LogP contribution in [0.5, 0.6) is 0 Å². The number of amides is 4. The molecule has 1 heterocycles. The van der Waals surface area contributed by atoms with E-state index in [1.54, 1.807) is 0 Å². The van der Waals surface area contributed by atoms with E-state index in [2.05, 4.69) is 22.9 Å². The average molecular weight is 483 g/mol. The smallest absolute Gasteiger partial charge is 0.243 e. The first-order chi connectivity index (χ1) is 16.7. The molecule has 0 spiro atoms. The molecule has 0 radical (unpaired) electrons. The molecule has 1 aliphatic heterocycles. The Morgan fingerprint density at radius 3 is 2.15 bits per heavy atom. The van der Waals surface area contributed by atoms with Crippen molar-refractivity contribution in [2.24, 2.45) is 11.7 Å². The van der Waals surface area contributed by atoms with E-state index in [-0.39, 0.29) is 18.2 Å². The SMILES string of the molecule is [2H]N1CC(=O)N[C@@H](CCCCN)C(=O)N[C@@H](C(C)C)C(=O)N[C@H](CCCCCCCCC)CC1=O. The summed E-state index contributed by atoms with van der Waals surface area (Å²) in [6.45, 7) is 5.86. The van der Waals surface area contributed by atoms with Crippen LogP contribution < -0.4 is 27.0 Å². The van der Waals surface area contributed by atoms with Gasteiger partial charge in [-0.15, -0.1) is 0 Å². The first kappa shape index (κ1) is 28.1. The molecule has 1 aliphatic rings. The molecule has 3 atom stereocenters. The van der Waals surface area contributed by atoms with Gasteiger partial charge in [-0.2, -0.15) is 0 Å². The molecule has 0 saturated carbocycles. The van der Waals surface area contributed by atoms with E-state index in [4.69, 9.17) is 7.15 Å². The summed E-state index contributed by atoms with van der Waals surface area (Å²) in [6, 6.07) is -2.12. The van der Waals surface area contributed by atoms with Gasteiger partial charge in [0.05, 0.1) is 6.54 Å². The van der Waals surface area contributed by atoms with Crippen LogP contribution >= 0.6 is 0 Å². The number of unbranched alkanes of at least 4 members (excludes halogenated alkanes) is 7. The Labute approximate surface area is 206 Å². The highest BCUT2D eigenvalue weighted by atomic mass is 16.2. The molecule has 0 aromatic carbocycles. The minimum absolute atomic E-state index is 0.0585. The van der Waals surface area contributed by atoms with Crippen molar-refractivity contribution in [3.8, 4) is 0 Å². The van der Waals surface area contributed by atoms with E-state index in [1.807, 2.05) is 13.8 Å². The monoisotopic (exact) mass is 482 g/mol. The van der Waals surface area contributed by atoms with Gasteiger partial charge in [0, 0.05) is 12.5 Å². The van der Waals surface area contributed by atoms with Crippen LogP contribution in [0.2, 0.25) is 1.41 Å². The molecule has 0 unspecified atom stereocenters. The predicted octanol–water partition coefficient (Wildman–Crippen LogP) is 1.89. The third-order valence-corrected chi connectivity index (χ3v) is 6.17. The molecule has 1 fully saturated rings. The van der Waals surface area contributed by atoms with Crippen molar-refractivity contribution in [2.45, 2.75) is 116 Å². The van der Waals surface area contributed by atoms with Crippen LogP contribution in [-0.2, 0) is 19.2 Å². The highest BCUT2D eigenvalue weighted by molar-refractivity contribution is 5.94. The number of nitrogens with two attached hydrogens (primary N) is 1. The second-order valence-corrected chi connectivity index (χ2v) is 9.66. The highest BCUT2D eigenvalue weighted by Gasteiger charge is 2.30. The standard InChI is InChI=1S/C25H47N5O4/c1-4-5-6-7-8-9-10-13-19-16-21(31)27-17-22(32)29-20(14-11-12-15-26)24(33)30-23(18(2)3)25(34)28-19/h18-20,23H,4-17,26H2,1-3H3,(H,27,31)(H,28,34)(H,29,32)(H,30,33)/t19-,20+,23+/m1/s1/i/hD. The molecule has 0 aliphatic carbocycles. The van der Waals surface area contributed by atoms with E-state index < -0.39 is 42.4 Å². The fourth-order valence-electron chi connectivity index (χ4n) is 4.09. The lowest BCUT2D eigenvalue weighted by Gasteiger charge is -2.27. The van der Waals surface area contributed by atoms with Gasteiger partial charge in [0.2, 0.25) is 23.6 Å². The van der Waals surface area contributed by atoms with Crippen molar-refractivity contribution in [1.82, 2.24) is 21.3 Å². The maximum atomic E-state index is 13.1. The number of nitrogens with one attached hydrogen (secondary N) is 4. The van der Waals surface area contributed by atoms with Crippen LogP contribution in [-0.4, -0.2) is 54.8 Å².